The topological polar surface area (TPSA) is 0 Å². The van der Waals surface area contributed by atoms with Gasteiger partial charge < -0.3 is 0 Å². The molecule has 0 amide bonds. The van der Waals surface area contributed by atoms with Crippen LogP contribution in [0.15, 0.2) is 0 Å². The van der Waals surface area contributed by atoms with Gasteiger partial charge in [-0.25, -0.2) is 0 Å². The van der Waals surface area contributed by atoms with Crippen molar-refractivity contribution in [2.24, 2.45) is 0 Å². The molecule has 0 atom stereocenters. The summed E-state index contributed by atoms with van der Waals surface area (Å²) >= 11 is 7.92. The van der Waals surface area contributed by atoms with E-state index in [0.29, 0.717) is 0 Å². The molecule has 4 heteroatoms. The molecule has 32 valence electrons. The van der Waals surface area contributed by atoms with Crippen molar-refractivity contribution in [3.63, 3.8) is 0 Å². The molecule has 0 radical (unpaired) electrons. The predicted molar refractivity (Wildman–Crippen MR) is 16.7 cm³/mol. The Labute approximate surface area is 37.7 Å². The van der Waals surface area contributed by atoms with Gasteiger partial charge in [-0.15, -0.1) is 0 Å². The van der Waals surface area contributed by atoms with Crippen LogP contribution in [0.1, 0.15) is 0 Å². The fourth-order valence-corrected chi connectivity index (χ4v) is 0. The predicted octanol–water partition coefficient (Wildman–Crippen LogP) is 2.01. The van der Waals surface area contributed by atoms with Crippen LogP contribution < -0.4 is 0 Å². The molecule has 0 aromatic heterocycles. The lowest BCUT2D eigenvalue weighted by atomic mass is 11.7. The van der Waals surface area contributed by atoms with Crippen molar-refractivity contribution in [3.8, 4) is 0 Å². The molecule has 0 spiro atoms. The van der Waals surface area contributed by atoms with Gasteiger partial charge in [0.05, 0.1) is 0 Å². The summed E-state index contributed by atoms with van der Waals surface area (Å²) in [5.74, 6) is 0. The average molecular weight is 122 g/mol. The lowest BCUT2D eigenvalue weighted by Crippen LogP contribution is -1.86. The molecule has 0 heterocycles. The van der Waals surface area contributed by atoms with Crippen molar-refractivity contribution < 1.29 is 8.78 Å². The van der Waals surface area contributed by atoms with Gasteiger partial charge in [-0.3, -0.25) is 0 Å². The highest BCUT2D eigenvalue weighted by Gasteiger charge is 2.17. The van der Waals surface area contributed by atoms with Crippen LogP contribution in [0.5, 0.6) is 0 Å². The third-order valence-electron chi connectivity index (χ3n) is 0. The van der Waals surface area contributed by atoms with Gasteiger partial charge >= 0.3 is 4.84 Å². The Morgan fingerprint density at radius 3 is 1.60 bits per heavy atom. The lowest BCUT2D eigenvalue weighted by Gasteiger charge is -1.87. The minimum atomic E-state index is -3.56. The molecule has 0 rings (SSSR count). The number of halogens is 4. The van der Waals surface area contributed by atoms with Crippen molar-refractivity contribution in [2.75, 3.05) is 0 Å². The van der Waals surface area contributed by atoms with Crippen LogP contribution >= 0.6 is 23.2 Å². The van der Waals surface area contributed by atoms with Gasteiger partial charge in [0.25, 0.3) is 0 Å². The molecule has 0 fully saturated rings. The Morgan fingerprint density at radius 2 is 1.60 bits per heavy atom. The van der Waals surface area contributed by atoms with Crippen LogP contribution in [0.2, 0.25) is 0 Å². The number of hydrogen-bond acceptors (Lipinski definition) is 0. The molecule has 0 aliphatic carbocycles. The maximum atomic E-state index is 10.6. The minimum Gasteiger partial charge on any atom is -0.172 e. The van der Waals surface area contributed by atoms with Crippen molar-refractivity contribution in [1.82, 2.24) is 0 Å². The SMILES string of the molecule is FC(F)(Cl)[37Cl]. The average Bonchev–Trinajstić information content (AvgIpc) is 0.722. The van der Waals surface area contributed by atoms with Gasteiger partial charge in [-0.05, 0) is 23.2 Å². The second kappa shape index (κ2) is 1.27. The van der Waals surface area contributed by atoms with E-state index < -0.39 is 4.84 Å². The lowest BCUT2D eigenvalue weighted by molar-refractivity contribution is 0.194. The molecule has 0 saturated carbocycles. The van der Waals surface area contributed by atoms with E-state index in [2.05, 4.69) is 23.2 Å². The zero-order valence-electron chi connectivity index (χ0n) is 2.01. The summed E-state index contributed by atoms with van der Waals surface area (Å²) in [6.45, 7) is 0. The Bertz CT molecular complexity index is 23.1. The molecular formula is CCl2F2. The van der Waals surface area contributed by atoms with E-state index in [1.54, 1.807) is 0 Å². The summed E-state index contributed by atoms with van der Waals surface area (Å²) in [4.78, 5) is -3.56. The molecule has 0 N–H and O–H groups in total. The Hall–Kier alpha value is 0.440. The van der Waals surface area contributed by atoms with Gasteiger partial charge in [0.15, 0.2) is 0 Å². The first-order valence-electron chi connectivity index (χ1n) is 0.756. The molecule has 0 unspecified atom stereocenters. The van der Waals surface area contributed by atoms with Gasteiger partial charge in [-0.2, -0.15) is 8.78 Å². The van der Waals surface area contributed by atoms with E-state index in [1.165, 1.54) is 0 Å². The second-order valence-corrected chi connectivity index (χ2v) is 1.57. The number of rotatable bonds is 0. The largest absolute Gasteiger partial charge is 0.401 e. The first-order valence-corrected chi connectivity index (χ1v) is 1.51. The summed E-state index contributed by atoms with van der Waals surface area (Å²) in [6, 6.07) is 0. The van der Waals surface area contributed by atoms with Gasteiger partial charge in [0, 0.05) is 0 Å². The van der Waals surface area contributed by atoms with Crippen LogP contribution in [0, 0.1) is 0 Å². The Balaban J connectivity index is 3.02. The Kier molecular flexibility index (Phi) is 1.38. The third kappa shape index (κ3) is 137. The number of alkyl halides is 4. The van der Waals surface area contributed by atoms with E-state index in [4.69, 9.17) is 0 Å². The highest BCUT2D eigenvalue weighted by Crippen LogP contribution is 2.22. The quantitative estimate of drug-likeness (QED) is 0.431. The monoisotopic (exact) mass is 122 g/mol. The van der Waals surface area contributed by atoms with E-state index >= 15 is 0 Å². The van der Waals surface area contributed by atoms with Gasteiger partial charge in [-0.1, -0.05) is 0 Å². The smallest absolute Gasteiger partial charge is 0.172 e. The molecule has 0 bridgehead atoms. The number of hydrogen-bond donors (Lipinski definition) is 0. The van der Waals surface area contributed by atoms with Crippen molar-refractivity contribution in [1.29, 1.82) is 0 Å². The zero-order chi connectivity index (χ0) is 4.50. The van der Waals surface area contributed by atoms with Crippen molar-refractivity contribution in [2.45, 2.75) is 4.84 Å². The van der Waals surface area contributed by atoms with Crippen LogP contribution in [-0.2, 0) is 0 Å². The highest BCUT2D eigenvalue weighted by atomic mass is 37.0. The summed E-state index contributed by atoms with van der Waals surface area (Å²) in [5.41, 5.74) is 0. The second-order valence-electron chi connectivity index (χ2n) is 0.429. The van der Waals surface area contributed by atoms with Gasteiger partial charge in [0.1, 0.15) is 0 Å². The van der Waals surface area contributed by atoms with E-state index in [0.717, 1.165) is 0 Å². The van der Waals surface area contributed by atoms with E-state index in [1.807, 2.05) is 0 Å². The highest BCUT2D eigenvalue weighted by molar-refractivity contribution is 6.45. The molecule has 0 aliphatic heterocycles. The summed E-state index contributed by atoms with van der Waals surface area (Å²) in [5, 5.41) is 0. The van der Waals surface area contributed by atoms with Crippen LogP contribution in [0.4, 0.5) is 8.78 Å². The summed E-state index contributed by atoms with van der Waals surface area (Å²) in [7, 11) is 0. The van der Waals surface area contributed by atoms with Gasteiger partial charge in [0.2, 0.25) is 0 Å². The van der Waals surface area contributed by atoms with Crippen LogP contribution in [0.3, 0.4) is 0 Å². The summed E-state index contributed by atoms with van der Waals surface area (Å²) < 4.78 is 21.1. The molecular weight excluding hydrogens is 122 g/mol. The molecule has 0 aromatic carbocycles. The van der Waals surface area contributed by atoms with Crippen LogP contribution in [0.25, 0.3) is 0 Å². The first-order chi connectivity index (χ1) is 2.00. The Morgan fingerprint density at radius 1 is 1.60 bits per heavy atom. The normalized spacial score (nSPS) is 12.0. The fourth-order valence-electron chi connectivity index (χ4n) is 0. The zero-order valence-corrected chi connectivity index (χ0v) is 3.52. The fraction of sp³-hybridized carbons (Fsp3) is 1.00. The third-order valence-corrected chi connectivity index (χ3v) is 0. The molecule has 0 nitrogen and oxygen atoms in total. The van der Waals surface area contributed by atoms with E-state index in [-0.39, 0.29) is 0 Å². The van der Waals surface area contributed by atoms with Crippen molar-refractivity contribution >= 4 is 23.2 Å². The first kappa shape index (κ1) is 5.44. The standard InChI is InChI=1S/CCl2F2/c2-1(3,4)5/i2+2. The minimum absolute atomic E-state index is 3.56. The molecule has 0 aliphatic rings. The van der Waals surface area contributed by atoms with Crippen LogP contribution in [-0.4, -0.2) is 4.84 Å². The molecule has 0 saturated heterocycles. The maximum Gasteiger partial charge on any atom is 0.401 e. The van der Waals surface area contributed by atoms with E-state index in [9.17, 15) is 8.78 Å². The van der Waals surface area contributed by atoms with Crippen molar-refractivity contribution in [3.05, 3.63) is 0 Å². The maximum absolute atomic E-state index is 10.6. The summed E-state index contributed by atoms with van der Waals surface area (Å²) in [6.07, 6.45) is 0. The molecule has 0 aromatic rings. The molecule has 5 heavy (non-hydrogen) atoms.